The Morgan fingerprint density at radius 3 is 1.93 bits per heavy atom. The number of piperazine rings is 1. The Morgan fingerprint density at radius 2 is 1.31 bits per heavy atom. The fourth-order valence-corrected chi connectivity index (χ4v) is 6.38. The van der Waals surface area contributed by atoms with Crippen molar-refractivity contribution in [1.29, 1.82) is 0 Å². The van der Waals surface area contributed by atoms with Gasteiger partial charge in [-0.1, -0.05) is 40.9 Å². The summed E-state index contributed by atoms with van der Waals surface area (Å²) in [6.07, 6.45) is 2.57. The van der Waals surface area contributed by atoms with Crippen LogP contribution in [-0.2, 0) is 14.8 Å². The van der Waals surface area contributed by atoms with Gasteiger partial charge in [0.25, 0.3) is 15.9 Å². The van der Waals surface area contributed by atoms with Gasteiger partial charge in [-0.2, -0.15) is 8.42 Å². The quantitative estimate of drug-likeness (QED) is 0.342. The molecule has 0 atom stereocenters. The van der Waals surface area contributed by atoms with Gasteiger partial charge in [-0.25, -0.2) is 0 Å². The number of rotatable bonds is 11. The van der Waals surface area contributed by atoms with Crippen LogP contribution in [0.4, 0.5) is 5.69 Å². The van der Waals surface area contributed by atoms with E-state index < -0.39 is 15.9 Å². The number of anilines is 1. The van der Waals surface area contributed by atoms with E-state index in [2.05, 4.69) is 15.1 Å². The molecule has 2 aliphatic heterocycles. The van der Waals surface area contributed by atoms with Crippen LogP contribution in [0.5, 0.6) is 5.75 Å². The second kappa shape index (κ2) is 13.8. The molecular formula is C31H37N5O5S. The highest BCUT2D eigenvalue weighted by molar-refractivity contribution is 7.92. The van der Waals surface area contributed by atoms with Crippen LogP contribution in [0.1, 0.15) is 23.2 Å². The smallest absolute Gasteiger partial charge is 0.295 e. The van der Waals surface area contributed by atoms with E-state index in [-0.39, 0.29) is 22.9 Å². The van der Waals surface area contributed by atoms with Crippen LogP contribution >= 0.6 is 0 Å². The summed E-state index contributed by atoms with van der Waals surface area (Å²) < 4.78 is 28.0. The summed E-state index contributed by atoms with van der Waals surface area (Å²) >= 11 is 0. The summed E-state index contributed by atoms with van der Waals surface area (Å²) in [7, 11) is -4.14. The van der Waals surface area contributed by atoms with Gasteiger partial charge in [-0.05, 0) is 74.5 Å². The van der Waals surface area contributed by atoms with E-state index in [1.54, 1.807) is 59.5 Å². The molecule has 42 heavy (non-hydrogen) atoms. The number of amides is 2. The van der Waals surface area contributed by atoms with Gasteiger partial charge in [0, 0.05) is 44.8 Å². The molecule has 2 saturated heterocycles. The van der Waals surface area contributed by atoms with E-state index in [1.807, 2.05) is 6.07 Å². The number of benzene rings is 3. The third-order valence-electron chi connectivity index (χ3n) is 7.59. The third kappa shape index (κ3) is 7.47. The minimum atomic E-state index is -4.14. The Labute approximate surface area is 247 Å². The average Bonchev–Trinajstić information content (AvgIpc) is 3.56. The molecule has 2 heterocycles. The van der Waals surface area contributed by atoms with Gasteiger partial charge in [-0.3, -0.25) is 14.5 Å². The van der Waals surface area contributed by atoms with Crippen LogP contribution < -0.4 is 14.6 Å². The number of para-hydroxylation sites is 2. The van der Waals surface area contributed by atoms with Gasteiger partial charge in [0.15, 0.2) is 5.75 Å². The van der Waals surface area contributed by atoms with Crippen LogP contribution in [0.15, 0.2) is 89.8 Å². The second-order valence-electron chi connectivity index (χ2n) is 10.5. The molecule has 3 aromatic rings. The molecule has 1 N–H and O–H groups in total. The molecule has 0 aromatic heterocycles. The molecule has 0 bridgehead atoms. The molecule has 0 unspecified atom stereocenters. The monoisotopic (exact) mass is 591 g/mol. The van der Waals surface area contributed by atoms with Crippen molar-refractivity contribution in [2.45, 2.75) is 17.7 Å². The maximum atomic E-state index is 13.6. The van der Waals surface area contributed by atoms with E-state index >= 15 is 0 Å². The standard InChI is InChI=1S/C31H37N5O5S/c37-30(35-23-21-34(22-24-35)20-19-33-17-7-8-18-33)25-32-31(38)26-13-15-29(16-14-26)42(39,40)36(27-9-3-1-4-10-27)41-28-11-5-2-6-12-28/h1-6,9-16H,7-8,17-25H2,(H,32,38). The van der Waals surface area contributed by atoms with Crippen LogP contribution in [0.25, 0.3) is 0 Å². The van der Waals surface area contributed by atoms with Crippen molar-refractivity contribution in [2.75, 3.05) is 63.4 Å². The van der Waals surface area contributed by atoms with Crippen LogP contribution in [0.2, 0.25) is 0 Å². The highest BCUT2D eigenvalue weighted by atomic mass is 32.2. The maximum absolute atomic E-state index is 13.6. The zero-order chi connectivity index (χ0) is 29.4. The van der Waals surface area contributed by atoms with Gasteiger partial charge >= 0.3 is 0 Å². The summed E-state index contributed by atoms with van der Waals surface area (Å²) in [5.74, 6) is -0.218. The Hall–Kier alpha value is -3.93. The Kier molecular flexibility index (Phi) is 9.73. The first kappa shape index (κ1) is 29.6. The third-order valence-corrected chi connectivity index (χ3v) is 9.18. The molecule has 11 heteroatoms. The zero-order valence-electron chi connectivity index (χ0n) is 23.6. The van der Waals surface area contributed by atoms with Crippen molar-refractivity contribution in [2.24, 2.45) is 0 Å². The number of hydrogen-bond acceptors (Lipinski definition) is 7. The largest absolute Gasteiger partial charge is 0.364 e. The number of carbonyl (C=O) groups excluding carboxylic acids is 2. The van der Waals surface area contributed by atoms with Gasteiger partial charge in [0.2, 0.25) is 5.91 Å². The first-order chi connectivity index (χ1) is 20.4. The van der Waals surface area contributed by atoms with Crippen molar-refractivity contribution in [3.8, 4) is 5.75 Å². The zero-order valence-corrected chi connectivity index (χ0v) is 24.4. The summed E-state index contributed by atoms with van der Waals surface area (Å²) in [6.45, 7) is 7.31. The van der Waals surface area contributed by atoms with Crippen molar-refractivity contribution in [3.63, 3.8) is 0 Å². The molecule has 10 nitrogen and oxygen atoms in total. The average molecular weight is 592 g/mol. The molecule has 2 aliphatic rings. The van der Waals surface area contributed by atoms with Crippen LogP contribution in [0.3, 0.4) is 0 Å². The predicted octanol–water partition coefficient (Wildman–Crippen LogP) is 2.85. The highest BCUT2D eigenvalue weighted by Crippen LogP contribution is 2.26. The number of hydrogen-bond donors (Lipinski definition) is 1. The number of sulfonamides is 1. The lowest BCUT2D eigenvalue weighted by atomic mass is 10.2. The molecule has 2 fully saturated rings. The van der Waals surface area contributed by atoms with Gasteiger partial charge in [0.1, 0.15) is 0 Å². The molecule has 0 aliphatic carbocycles. The van der Waals surface area contributed by atoms with E-state index in [4.69, 9.17) is 4.84 Å². The van der Waals surface area contributed by atoms with Gasteiger partial charge in [-0.15, -0.1) is 0 Å². The second-order valence-corrected chi connectivity index (χ2v) is 12.2. The molecule has 0 spiro atoms. The van der Waals surface area contributed by atoms with Crippen LogP contribution in [0, 0.1) is 0 Å². The Morgan fingerprint density at radius 1 is 0.738 bits per heavy atom. The van der Waals surface area contributed by atoms with Crippen molar-refractivity contribution < 1.29 is 22.8 Å². The summed E-state index contributed by atoms with van der Waals surface area (Å²) in [4.78, 5) is 37.9. The topological polar surface area (TPSA) is 102 Å². The Bertz CT molecular complexity index is 1420. The highest BCUT2D eigenvalue weighted by Gasteiger charge is 2.28. The predicted molar refractivity (Wildman–Crippen MR) is 161 cm³/mol. The van der Waals surface area contributed by atoms with Crippen LogP contribution in [-0.4, -0.2) is 93.8 Å². The van der Waals surface area contributed by atoms with Gasteiger partial charge < -0.3 is 20.0 Å². The summed E-state index contributed by atoms with van der Waals surface area (Å²) in [6, 6.07) is 22.7. The number of likely N-dealkylation sites (tertiary alicyclic amines) is 1. The number of carbonyl (C=O) groups is 2. The minimum Gasteiger partial charge on any atom is -0.364 e. The first-order valence-electron chi connectivity index (χ1n) is 14.3. The fourth-order valence-electron chi connectivity index (χ4n) is 5.12. The van der Waals surface area contributed by atoms with Gasteiger partial charge in [0.05, 0.1) is 17.1 Å². The van der Waals surface area contributed by atoms with Crippen molar-refractivity contribution in [3.05, 3.63) is 90.5 Å². The number of nitrogens with zero attached hydrogens (tertiary/aromatic N) is 4. The van der Waals surface area contributed by atoms with Crippen molar-refractivity contribution in [1.82, 2.24) is 20.0 Å². The summed E-state index contributed by atoms with van der Waals surface area (Å²) in [5, 5.41) is 2.67. The van der Waals surface area contributed by atoms with E-state index in [1.165, 1.54) is 50.2 Å². The lowest BCUT2D eigenvalue weighted by molar-refractivity contribution is -0.131. The lowest BCUT2D eigenvalue weighted by Crippen LogP contribution is -2.52. The number of nitrogens with one attached hydrogen (secondary N) is 1. The van der Waals surface area contributed by atoms with E-state index in [0.717, 1.165) is 30.6 Å². The maximum Gasteiger partial charge on any atom is 0.295 e. The molecule has 222 valence electrons. The lowest BCUT2D eigenvalue weighted by Gasteiger charge is -2.35. The van der Waals surface area contributed by atoms with E-state index in [0.29, 0.717) is 24.5 Å². The SMILES string of the molecule is O=C(NCC(=O)N1CCN(CCN2CCCC2)CC1)c1ccc(S(=O)(=O)N(Oc2ccccc2)c2ccccc2)cc1. The molecule has 0 saturated carbocycles. The molecule has 0 radical (unpaired) electrons. The Balaban J connectivity index is 1.15. The molecule has 5 rings (SSSR count). The molecule has 3 aromatic carbocycles. The fraction of sp³-hybridized carbons (Fsp3) is 0.355. The summed E-state index contributed by atoms with van der Waals surface area (Å²) in [5.41, 5.74) is 0.581. The van der Waals surface area contributed by atoms with Crippen molar-refractivity contribution >= 4 is 27.5 Å². The molecular weight excluding hydrogens is 554 g/mol. The normalized spacial score (nSPS) is 16.2. The van der Waals surface area contributed by atoms with E-state index in [9.17, 15) is 18.0 Å². The minimum absolute atomic E-state index is 0.0440. The molecule has 2 amide bonds. The first-order valence-corrected chi connectivity index (χ1v) is 15.8.